The number of carbonyl (C=O) groups is 1. The first kappa shape index (κ1) is 16.1. The number of amides is 1. The number of hydrogen-bond donors (Lipinski definition) is 1. The van der Waals surface area contributed by atoms with Gasteiger partial charge < -0.3 is 0 Å². The van der Waals surface area contributed by atoms with Crippen LogP contribution in [-0.2, 0) is 0 Å². The van der Waals surface area contributed by atoms with E-state index in [0.717, 1.165) is 10.1 Å². The molecule has 1 aromatic heterocycles. The number of carbonyl (C=O) groups excluding carboxylic acids is 1. The van der Waals surface area contributed by atoms with Gasteiger partial charge in [-0.1, -0.05) is 41.9 Å². The summed E-state index contributed by atoms with van der Waals surface area (Å²) in [6.45, 7) is 0. The Kier molecular flexibility index (Phi) is 4.54. The monoisotopic (exact) mass is 359 g/mol. The molecule has 0 aliphatic carbocycles. The average molecular weight is 360 g/mol. The molecule has 0 aliphatic rings. The minimum Gasteiger partial charge on any atom is -0.266 e. The number of nitrogens with one attached hydrogen (secondary N) is 1. The maximum atomic E-state index is 12.2. The molecular weight excluding hydrogens is 350 g/mol. The van der Waals surface area contributed by atoms with Crippen molar-refractivity contribution in [3.63, 3.8) is 0 Å². The largest absolute Gasteiger partial charge is 0.283 e. The van der Waals surface area contributed by atoms with E-state index >= 15 is 0 Å². The SMILES string of the molecule is O=C(N/N=C/c1cccc([N+](=O)[O-])c1)c1sc2ccccc2c1Cl. The minimum atomic E-state index is -0.493. The highest BCUT2D eigenvalue weighted by molar-refractivity contribution is 7.21. The maximum Gasteiger partial charge on any atom is 0.283 e. The molecule has 120 valence electrons. The molecule has 0 bridgehead atoms. The van der Waals surface area contributed by atoms with Crippen LogP contribution >= 0.6 is 22.9 Å². The second-order valence-electron chi connectivity index (χ2n) is 4.79. The quantitative estimate of drug-likeness (QED) is 0.430. The third-order valence-corrected chi connectivity index (χ3v) is 4.88. The number of thiophene rings is 1. The Morgan fingerprint density at radius 1 is 1.25 bits per heavy atom. The molecular formula is C16H10ClN3O3S. The average Bonchev–Trinajstić information content (AvgIpc) is 2.92. The number of fused-ring (bicyclic) bond motifs is 1. The van der Waals surface area contributed by atoms with Crippen LogP contribution in [0.1, 0.15) is 15.2 Å². The van der Waals surface area contributed by atoms with Gasteiger partial charge in [0.15, 0.2) is 0 Å². The summed E-state index contributed by atoms with van der Waals surface area (Å²) in [6, 6.07) is 13.4. The van der Waals surface area contributed by atoms with E-state index in [1.54, 1.807) is 12.1 Å². The Morgan fingerprint density at radius 3 is 2.79 bits per heavy atom. The summed E-state index contributed by atoms with van der Waals surface area (Å²) in [7, 11) is 0. The van der Waals surface area contributed by atoms with Crippen LogP contribution in [0.3, 0.4) is 0 Å². The first-order valence-corrected chi connectivity index (χ1v) is 8.00. The third kappa shape index (κ3) is 3.27. The van der Waals surface area contributed by atoms with Crippen molar-refractivity contribution < 1.29 is 9.72 Å². The maximum absolute atomic E-state index is 12.2. The second kappa shape index (κ2) is 6.77. The standard InChI is InChI=1S/C16H10ClN3O3S/c17-14-12-6-1-2-7-13(12)24-15(14)16(21)19-18-9-10-4-3-5-11(8-10)20(22)23/h1-9H,(H,19,21)/b18-9+. The lowest BCUT2D eigenvalue weighted by Gasteiger charge is -1.97. The van der Waals surface area contributed by atoms with Crippen molar-refractivity contribution in [2.24, 2.45) is 5.10 Å². The van der Waals surface area contributed by atoms with Gasteiger partial charge in [0, 0.05) is 27.8 Å². The number of hydrazone groups is 1. The summed E-state index contributed by atoms with van der Waals surface area (Å²) in [6.07, 6.45) is 1.34. The van der Waals surface area contributed by atoms with Crippen LogP contribution in [0.25, 0.3) is 10.1 Å². The van der Waals surface area contributed by atoms with Crippen molar-refractivity contribution in [2.45, 2.75) is 0 Å². The first-order valence-electron chi connectivity index (χ1n) is 6.81. The van der Waals surface area contributed by atoms with E-state index in [2.05, 4.69) is 10.5 Å². The Labute approximate surface area is 145 Å². The summed E-state index contributed by atoms with van der Waals surface area (Å²) in [4.78, 5) is 22.8. The Morgan fingerprint density at radius 2 is 2.04 bits per heavy atom. The summed E-state index contributed by atoms with van der Waals surface area (Å²) in [5.41, 5.74) is 2.85. The molecule has 1 amide bonds. The number of nitro benzene ring substituents is 1. The number of benzene rings is 2. The lowest BCUT2D eigenvalue weighted by molar-refractivity contribution is -0.384. The van der Waals surface area contributed by atoms with Gasteiger partial charge in [-0.15, -0.1) is 11.3 Å². The van der Waals surface area contributed by atoms with E-state index in [1.807, 2.05) is 24.3 Å². The van der Waals surface area contributed by atoms with E-state index in [4.69, 9.17) is 11.6 Å². The topological polar surface area (TPSA) is 84.6 Å². The predicted molar refractivity (Wildman–Crippen MR) is 95.0 cm³/mol. The van der Waals surface area contributed by atoms with E-state index in [1.165, 1.54) is 29.7 Å². The van der Waals surface area contributed by atoms with E-state index < -0.39 is 10.8 Å². The van der Waals surface area contributed by atoms with Gasteiger partial charge in [-0.25, -0.2) is 5.43 Å². The first-order chi connectivity index (χ1) is 11.6. The van der Waals surface area contributed by atoms with E-state index in [-0.39, 0.29) is 5.69 Å². The molecule has 0 saturated carbocycles. The highest BCUT2D eigenvalue weighted by Gasteiger charge is 2.16. The Balaban J connectivity index is 1.76. The van der Waals surface area contributed by atoms with Crippen molar-refractivity contribution in [3.8, 4) is 0 Å². The molecule has 3 aromatic rings. The fourth-order valence-electron chi connectivity index (χ4n) is 2.09. The zero-order valence-electron chi connectivity index (χ0n) is 12.1. The predicted octanol–water partition coefficient (Wildman–Crippen LogP) is 4.23. The second-order valence-corrected chi connectivity index (χ2v) is 6.22. The zero-order valence-corrected chi connectivity index (χ0v) is 13.7. The van der Waals surface area contributed by atoms with Gasteiger partial charge in [-0.05, 0) is 6.07 Å². The molecule has 0 atom stereocenters. The highest BCUT2D eigenvalue weighted by Crippen LogP contribution is 2.34. The third-order valence-electron chi connectivity index (χ3n) is 3.20. The molecule has 0 spiro atoms. The van der Waals surface area contributed by atoms with Crippen LogP contribution in [0.5, 0.6) is 0 Å². The van der Waals surface area contributed by atoms with Crippen LogP contribution in [-0.4, -0.2) is 17.0 Å². The van der Waals surface area contributed by atoms with Crippen molar-refractivity contribution in [2.75, 3.05) is 0 Å². The Hall–Kier alpha value is -2.77. The molecule has 3 rings (SSSR count). The molecule has 0 fully saturated rings. The van der Waals surface area contributed by atoms with Crippen LogP contribution in [0, 0.1) is 10.1 Å². The molecule has 24 heavy (non-hydrogen) atoms. The van der Waals surface area contributed by atoms with Gasteiger partial charge in [0.05, 0.1) is 16.2 Å². The molecule has 6 nitrogen and oxygen atoms in total. The van der Waals surface area contributed by atoms with Crippen LogP contribution in [0.2, 0.25) is 5.02 Å². The van der Waals surface area contributed by atoms with Gasteiger partial charge in [-0.3, -0.25) is 14.9 Å². The van der Waals surface area contributed by atoms with Gasteiger partial charge in [0.2, 0.25) is 0 Å². The fourth-order valence-corrected chi connectivity index (χ4v) is 3.50. The van der Waals surface area contributed by atoms with E-state index in [0.29, 0.717) is 15.5 Å². The van der Waals surface area contributed by atoms with Crippen molar-refractivity contribution in [1.82, 2.24) is 5.43 Å². The van der Waals surface area contributed by atoms with Crippen LogP contribution in [0.4, 0.5) is 5.69 Å². The number of nitrogens with zero attached hydrogens (tertiary/aromatic N) is 2. The summed E-state index contributed by atoms with van der Waals surface area (Å²) >= 11 is 7.50. The normalized spacial score (nSPS) is 11.0. The molecule has 2 aromatic carbocycles. The highest BCUT2D eigenvalue weighted by atomic mass is 35.5. The molecule has 0 radical (unpaired) electrons. The zero-order chi connectivity index (χ0) is 17.1. The molecule has 8 heteroatoms. The molecule has 0 aliphatic heterocycles. The van der Waals surface area contributed by atoms with Gasteiger partial charge in [0.25, 0.3) is 11.6 Å². The molecule has 1 heterocycles. The van der Waals surface area contributed by atoms with Gasteiger partial charge in [-0.2, -0.15) is 5.10 Å². The fraction of sp³-hybridized carbons (Fsp3) is 0. The molecule has 0 saturated heterocycles. The molecule has 1 N–H and O–H groups in total. The molecule has 0 unspecified atom stereocenters. The lowest BCUT2D eigenvalue weighted by Crippen LogP contribution is -2.16. The van der Waals surface area contributed by atoms with Crippen LogP contribution in [0.15, 0.2) is 53.6 Å². The van der Waals surface area contributed by atoms with Crippen molar-refractivity contribution in [3.05, 3.63) is 74.1 Å². The van der Waals surface area contributed by atoms with E-state index in [9.17, 15) is 14.9 Å². The van der Waals surface area contributed by atoms with Crippen molar-refractivity contribution >= 4 is 50.8 Å². The van der Waals surface area contributed by atoms with Gasteiger partial charge in [0.1, 0.15) is 4.88 Å². The van der Waals surface area contributed by atoms with Crippen molar-refractivity contribution in [1.29, 1.82) is 0 Å². The number of rotatable bonds is 4. The number of nitro groups is 1. The number of hydrogen-bond acceptors (Lipinski definition) is 5. The Bertz CT molecular complexity index is 968. The summed E-state index contributed by atoms with van der Waals surface area (Å²) < 4.78 is 0.912. The number of non-ortho nitro benzene ring substituents is 1. The minimum absolute atomic E-state index is 0.0437. The lowest BCUT2D eigenvalue weighted by atomic mass is 10.2. The summed E-state index contributed by atoms with van der Waals surface area (Å²) in [5, 5.41) is 15.8. The smallest absolute Gasteiger partial charge is 0.266 e. The summed E-state index contributed by atoms with van der Waals surface area (Å²) in [5.74, 6) is -0.428. The van der Waals surface area contributed by atoms with Crippen LogP contribution < -0.4 is 5.43 Å². The van der Waals surface area contributed by atoms with Gasteiger partial charge >= 0.3 is 0 Å². The number of halogens is 1.